The average Bonchev–Trinajstić information content (AvgIpc) is 3.35. The molecular weight excluding hydrogens is 429 g/mol. The topological polar surface area (TPSA) is 80.0 Å². The van der Waals surface area contributed by atoms with Gasteiger partial charge in [-0.25, -0.2) is 9.97 Å². The number of aryl methyl sites for hydroxylation is 1. The molecule has 0 aliphatic carbocycles. The highest BCUT2D eigenvalue weighted by Gasteiger charge is 2.58. The molecule has 0 saturated heterocycles. The Hall–Kier alpha value is -2.98. The van der Waals surface area contributed by atoms with Crippen LogP contribution in [0.15, 0.2) is 54.9 Å². The number of hydrogen-bond donors (Lipinski definition) is 2. The first-order valence-electron chi connectivity index (χ1n) is 9.60. The number of para-hydroxylation sites is 3. The van der Waals surface area contributed by atoms with E-state index in [0.29, 0.717) is 23.2 Å². The van der Waals surface area contributed by atoms with Gasteiger partial charge in [0.1, 0.15) is 5.01 Å². The van der Waals surface area contributed by atoms with Gasteiger partial charge in [-0.05, 0) is 30.7 Å². The van der Waals surface area contributed by atoms with Gasteiger partial charge in [0.2, 0.25) is 11.5 Å². The van der Waals surface area contributed by atoms with E-state index < -0.39 is 29.1 Å². The SMILES string of the molecule is O=C(C[C@](O)(c1nc2ccccc2s1)C(F)(F)F)NCCCn1cnc2ccccc21. The lowest BCUT2D eigenvalue weighted by atomic mass is 9.99. The van der Waals surface area contributed by atoms with Gasteiger partial charge < -0.3 is 15.0 Å². The van der Waals surface area contributed by atoms with Gasteiger partial charge in [0, 0.05) is 13.1 Å². The van der Waals surface area contributed by atoms with Crippen LogP contribution in [0, 0.1) is 0 Å². The Morgan fingerprint density at radius 1 is 1.10 bits per heavy atom. The van der Waals surface area contributed by atoms with E-state index in [0.717, 1.165) is 22.4 Å². The number of thiazole rings is 1. The molecule has 2 aromatic carbocycles. The van der Waals surface area contributed by atoms with Crippen LogP contribution in [-0.2, 0) is 16.9 Å². The van der Waals surface area contributed by atoms with Crippen molar-refractivity contribution in [2.45, 2.75) is 31.2 Å². The summed E-state index contributed by atoms with van der Waals surface area (Å²) in [7, 11) is 0. The molecule has 0 fully saturated rings. The highest BCUT2D eigenvalue weighted by Crippen LogP contribution is 2.44. The van der Waals surface area contributed by atoms with Crippen molar-refractivity contribution in [1.82, 2.24) is 19.9 Å². The van der Waals surface area contributed by atoms with E-state index in [9.17, 15) is 23.1 Å². The molecule has 4 rings (SSSR count). The average molecular weight is 448 g/mol. The van der Waals surface area contributed by atoms with Crippen LogP contribution in [0.2, 0.25) is 0 Å². The molecular formula is C21H19F3N4O2S. The van der Waals surface area contributed by atoms with E-state index in [1.165, 1.54) is 0 Å². The van der Waals surface area contributed by atoms with Crippen molar-refractivity contribution >= 4 is 38.5 Å². The van der Waals surface area contributed by atoms with Crippen LogP contribution >= 0.6 is 11.3 Å². The number of alkyl halides is 3. The van der Waals surface area contributed by atoms with E-state index in [2.05, 4.69) is 15.3 Å². The normalized spacial score (nSPS) is 14.1. The third kappa shape index (κ3) is 4.26. The van der Waals surface area contributed by atoms with Crippen LogP contribution in [0.3, 0.4) is 0 Å². The number of aromatic nitrogens is 3. The Morgan fingerprint density at radius 3 is 2.55 bits per heavy atom. The third-order valence-electron chi connectivity index (χ3n) is 4.96. The number of nitrogens with one attached hydrogen (secondary N) is 1. The Kier molecular flexibility index (Phi) is 5.67. The first kappa shape index (κ1) is 21.3. The maximum absolute atomic E-state index is 13.7. The van der Waals surface area contributed by atoms with Gasteiger partial charge in [-0.1, -0.05) is 24.3 Å². The van der Waals surface area contributed by atoms with Crippen LogP contribution < -0.4 is 5.32 Å². The molecule has 2 heterocycles. The standard InChI is InChI=1S/C21H19F3N4O2S/c22-21(23,24)20(30,19-27-15-7-2-4-9-17(15)31-19)12-18(29)25-10-5-11-28-13-26-14-6-1-3-8-16(14)28/h1-4,6-9,13,30H,5,10-12H2,(H,25,29)/t20-/m0/s1. The largest absolute Gasteiger partial charge is 0.424 e. The molecule has 4 aromatic rings. The van der Waals surface area contributed by atoms with E-state index in [-0.39, 0.29) is 6.54 Å². The van der Waals surface area contributed by atoms with Crippen LogP contribution in [0.5, 0.6) is 0 Å². The summed E-state index contributed by atoms with van der Waals surface area (Å²) in [6.45, 7) is 0.710. The van der Waals surface area contributed by atoms with Crippen molar-refractivity contribution in [3.05, 3.63) is 59.9 Å². The molecule has 0 radical (unpaired) electrons. The summed E-state index contributed by atoms with van der Waals surface area (Å²) in [6.07, 6.45) is -4.02. The molecule has 2 N–H and O–H groups in total. The number of fused-ring (bicyclic) bond motifs is 2. The second-order valence-electron chi connectivity index (χ2n) is 7.15. The maximum atomic E-state index is 13.7. The van der Waals surface area contributed by atoms with Crippen LogP contribution in [0.25, 0.3) is 21.3 Å². The Balaban J connectivity index is 1.40. The fraction of sp³-hybridized carbons (Fsp3) is 0.286. The summed E-state index contributed by atoms with van der Waals surface area (Å²) >= 11 is 0.729. The predicted octanol–water partition coefficient (Wildman–Crippen LogP) is 3.99. The lowest BCUT2D eigenvalue weighted by Gasteiger charge is -2.27. The molecule has 0 unspecified atom stereocenters. The van der Waals surface area contributed by atoms with Crippen molar-refractivity contribution in [2.24, 2.45) is 0 Å². The molecule has 1 atom stereocenters. The zero-order valence-corrected chi connectivity index (χ0v) is 17.1. The lowest BCUT2D eigenvalue weighted by molar-refractivity contribution is -0.267. The second-order valence-corrected chi connectivity index (χ2v) is 8.18. The molecule has 0 spiro atoms. The predicted molar refractivity (Wildman–Crippen MR) is 112 cm³/mol. The molecule has 1 amide bonds. The number of carbonyl (C=O) groups is 1. The molecule has 0 bridgehead atoms. The van der Waals surface area contributed by atoms with Crippen molar-refractivity contribution < 1.29 is 23.1 Å². The number of carbonyl (C=O) groups excluding carboxylic acids is 1. The number of aliphatic hydroxyl groups is 1. The third-order valence-corrected chi connectivity index (χ3v) is 6.15. The number of rotatable bonds is 7. The minimum Gasteiger partial charge on any atom is -0.374 e. The minimum atomic E-state index is -5.05. The fourth-order valence-electron chi connectivity index (χ4n) is 3.31. The van der Waals surface area contributed by atoms with Gasteiger partial charge in [0.25, 0.3) is 0 Å². The van der Waals surface area contributed by atoms with Crippen molar-refractivity contribution in [1.29, 1.82) is 0 Å². The monoisotopic (exact) mass is 448 g/mol. The van der Waals surface area contributed by atoms with Crippen molar-refractivity contribution in [2.75, 3.05) is 6.54 Å². The summed E-state index contributed by atoms with van der Waals surface area (Å²) < 4.78 is 43.6. The van der Waals surface area contributed by atoms with Gasteiger partial charge in [0.05, 0.1) is 34.0 Å². The van der Waals surface area contributed by atoms with Crippen molar-refractivity contribution in [3.8, 4) is 0 Å². The Bertz CT molecular complexity index is 1190. The van der Waals surface area contributed by atoms with Gasteiger partial charge in [-0.15, -0.1) is 11.3 Å². The zero-order chi connectivity index (χ0) is 22.1. The Labute approximate surface area is 179 Å². The number of benzene rings is 2. The first-order chi connectivity index (χ1) is 14.8. The number of nitrogens with zero attached hydrogens (tertiary/aromatic N) is 3. The number of halogens is 3. The number of amides is 1. The molecule has 0 saturated carbocycles. The molecule has 162 valence electrons. The summed E-state index contributed by atoms with van der Waals surface area (Å²) in [6, 6.07) is 14.1. The van der Waals surface area contributed by atoms with Crippen LogP contribution in [0.1, 0.15) is 17.8 Å². The summed E-state index contributed by atoms with van der Waals surface area (Å²) in [5.41, 5.74) is -1.21. The fourth-order valence-corrected chi connectivity index (χ4v) is 4.38. The van der Waals surface area contributed by atoms with Gasteiger partial charge in [-0.3, -0.25) is 4.79 Å². The maximum Gasteiger partial charge on any atom is 0.424 e. The number of imidazole rings is 1. The summed E-state index contributed by atoms with van der Waals surface area (Å²) in [4.78, 5) is 20.4. The van der Waals surface area contributed by atoms with Crippen molar-refractivity contribution in [3.63, 3.8) is 0 Å². The molecule has 0 aliphatic rings. The van der Waals surface area contributed by atoms with Gasteiger partial charge >= 0.3 is 6.18 Å². The van der Waals surface area contributed by atoms with Gasteiger partial charge in [-0.2, -0.15) is 13.2 Å². The smallest absolute Gasteiger partial charge is 0.374 e. The molecule has 2 aromatic heterocycles. The highest BCUT2D eigenvalue weighted by atomic mass is 32.1. The summed E-state index contributed by atoms with van der Waals surface area (Å²) in [5.74, 6) is -0.894. The highest BCUT2D eigenvalue weighted by molar-refractivity contribution is 7.18. The zero-order valence-electron chi connectivity index (χ0n) is 16.3. The van der Waals surface area contributed by atoms with E-state index in [1.807, 2.05) is 28.8 Å². The van der Waals surface area contributed by atoms with E-state index in [1.54, 1.807) is 30.6 Å². The lowest BCUT2D eigenvalue weighted by Crippen LogP contribution is -2.46. The molecule has 0 aliphatic heterocycles. The Morgan fingerprint density at radius 2 is 1.81 bits per heavy atom. The second kappa shape index (κ2) is 8.27. The first-order valence-corrected chi connectivity index (χ1v) is 10.4. The van der Waals surface area contributed by atoms with Crippen LogP contribution in [-0.4, -0.2) is 38.3 Å². The van der Waals surface area contributed by atoms with E-state index in [4.69, 9.17) is 0 Å². The van der Waals surface area contributed by atoms with Gasteiger partial charge in [0.15, 0.2) is 0 Å². The molecule has 31 heavy (non-hydrogen) atoms. The molecule has 10 heteroatoms. The number of hydrogen-bond acceptors (Lipinski definition) is 5. The summed E-state index contributed by atoms with van der Waals surface area (Å²) in [5, 5.41) is 12.4. The molecule has 6 nitrogen and oxygen atoms in total. The van der Waals surface area contributed by atoms with Crippen LogP contribution in [0.4, 0.5) is 13.2 Å². The quantitative estimate of drug-likeness (QED) is 0.419. The minimum absolute atomic E-state index is 0.166. The van der Waals surface area contributed by atoms with E-state index >= 15 is 0 Å².